The van der Waals surface area contributed by atoms with Gasteiger partial charge in [0, 0.05) is 6.54 Å². The molecule has 1 unspecified atom stereocenters. The quantitative estimate of drug-likeness (QED) is 0.638. The summed E-state index contributed by atoms with van der Waals surface area (Å²) in [6.07, 6.45) is 0.842. The summed E-state index contributed by atoms with van der Waals surface area (Å²) in [5.41, 5.74) is 2.32. The summed E-state index contributed by atoms with van der Waals surface area (Å²) in [6.45, 7) is 6.65. The maximum atomic E-state index is 13.8. The van der Waals surface area contributed by atoms with E-state index in [9.17, 15) is 9.59 Å². The normalized spacial score (nSPS) is 18.7. The van der Waals surface area contributed by atoms with Crippen LogP contribution in [0.15, 0.2) is 48.5 Å². The Hall–Kier alpha value is -3.55. The fourth-order valence-corrected chi connectivity index (χ4v) is 3.80. The molecule has 1 aliphatic heterocycles. The van der Waals surface area contributed by atoms with Crippen LogP contribution in [0.3, 0.4) is 0 Å². The number of amides is 3. The topological polar surface area (TPSA) is 93.0 Å². The van der Waals surface area contributed by atoms with Gasteiger partial charge in [-0.25, -0.2) is 9.48 Å². The number of benzene rings is 2. The zero-order valence-electron chi connectivity index (χ0n) is 17.3. The van der Waals surface area contributed by atoms with Crippen LogP contribution in [-0.4, -0.2) is 37.0 Å². The van der Waals surface area contributed by atoms with Gasteiger partial charge in [-0.05, 0) is 52.9 Å². The van der Waals surface area contributed by atoms with Gasteiger partial charge in [0.2, 0.25) is 0 Å². The number of carbonyl (C=O) groups excluding carboxylic acids is 2. The van der Waals surface area contributed by atoms with Gasteiger partial charge >= 0.3 is 6.03 Å². The number of rotatable bonds is 6. The van der Waals surface area contributed by atoms with E-state index < -0.39 is 11.6 Å². The van der Waals surface area contributed by atoms with Crippen LogP contribution in [-0.2, 0) is 23.4 Å². The Kier molecular flexibility index (Phi) is 5.07. The molecule has 30 heavy (non-hydrogen) atoms. The first-order valence-electron chi connectivity index (χ1n) is 9.99. The number of imide groups is 1. The maximum absolute atomic E-state index is 13.8. The van der Waals surface area contributed by atoms with E-state index in [4.69, 9.17) is 0 Å². The lowest BCUT2D eigenvalue weighted by Gasteiger charge is -2.28. The number of nitrogens with one attached hydrogen (secondary N) is 1. The fourth-order valence-electron chi connectivity index (χ4n) is 3.80. The van der Waals surface area contributed by atoms with Crippen LogP contribution in [0.4, 0.5) is 4.79 Å². The van der Waals surface area contributed by atoms with Crippen LogP contribution in [0.2, 0.25) is 0 Å². The number of aryl methyl sites for hydroxylation is 3. The highest BCUT2D eigenvalue weighted by Gasteiger charge is 2.54. The molecular formula is C22H24N6O2. The Morgan fingerprint density at radius 2 is 1.77 bits per heavy atom. The van der Waals surface area contributed by atoms with E-state index in [1.807, 2.05) is 69.3 Å². The molecule has 3 amide bonds. The molecule has 8 nitrogen and oxygen atoms in total. The van der Waals surface area contributed by atoms with Gasteiger partial charge < -0.3 is 5.32 Å². The summed E-state index contributed by atoms with van der Waals surface area (Å²) in [4.78, 5) is 28.0. The van der Waals surface area contributed by atoms with Crippen molar-refractivity contribution < 1.29 is 9.59 Å². The monoisotopic (exact) mass is 404 g/mol. The summed E-state index contributed by atoms with van der Waals surface area (Å²) in [5.74, 6) is 0.136. The van der Waals surface area contributed by atoms with E-state index in [0.717, 1.165) is 23.1 Å². The predicted octanol–water partition coefficient (Wildman–Crippen LogP) is 2.70. The smallest absolute Gasteiger partial charge is 0.315 e. The van der Waals surface area contributed by atoms with Gasteiger partial charge in [-0.2, -0.15) is 0 Å². The zero-order valence-corrected chi connectivity index (χ0v) is 17.3. The van der Waals surface area contributed by atoms with Crippen molar-refractivity contribution in [2.45, 2.75) is 45.8 Å². The molecule has 8 heteroatoms. The molecule has 1 aliphatic rings. The van der Waals surface area contributed by atoms with E-state index in [1.54, 1.807) is 4.68 Å². The number of nitrogens with zero attached hydrogens (tertiary/aromatic N) is 5. The summed E-state index contributed by atoms with van der Waals surface area (Å²) in [5, 5.41) is 14.6. The summed E-state index contributed by atoms with van der Waals surface area (Å²) in [6, 6.07) is 14.7. The van der Waals surface area contributed by atoms with Crippen LogP contribution in [0.1, 0.15) is 41.4 Å². The molecule has 0 saturated carbocycles. The van der Waals surface area contributed by atoms with Gasteiger partial charge in [-0.1, -0.05) is 55.5 Å². The Labute approximate surface area is 174 Å². The first-order chi connectivity index (χ1) is 14.5. The number of urea groups is 1. The predicted molar refractivity (Wildman–Crippen MR) is 110 cm³/mol. The van der Waals surface area contributed by atoms with Crippen LogP contribution in [0.25, 0.3) is 0 Å². The second kappa shape index (κ2) is 7.70. The molecule has 0 spiro atoms. The second-order valence-electron chi connectivity index (χ2n) is 7.55. The molecule has 2 heterocycles. The highest BCUT2D eigenvalue weighted by Crippen LogP contribution is 2.37. The van der Waals surface area contributed by atoms with E-state index in [0.29, 0.717) is 17.9 Å². The first kappa shape index (κ1) is 19.8. The van der Waals surface area contributed by atoms with Gasteiger partial charge in [0.25, 0.3) is 5.91 Å². The minimum Gasteiger partial charge on any atom is -0.315 e. The largest absolute Gasteiger partial charge is 0.325 e. The average molecular weight is 404 g/mol. The third-order valence-corrected chi connectivity index (χ3v) is 5.59. The van der Waals surface area contributed by atoms with E-state index in [1.165, 1.54) is 4.90 Å². The maximum Gasteiger partial charge on any atom is 0.325 e. The molecule has 0 aliphatic carbocycles. The number of aromatic nitrogens is 4. The van der Waals surface area contributed by atoms with Crippen LogP contribution >= 0.6 is 0 Å². The van der Waals surface area contributed by atoms with Crippen molar-refractivity contribution in [3.63, 3.8) is 0 Å². The van der Waals surface area contributed by atoms with Crippen molar-refractivity contribution in [3.8, 4) is 0 Å². The summed E-state index contributed by atoms with van der Waals surface area (Å²) < 4.78 is 1.62. The van der Waals surface area contributed by atoms with Crippen molar-refractivity contribution in [3.05, 3.63) is 76.6 Å². The Bertz CT molecular complexity index is 1090. The second-order valence-corrected chi connectivity index (χ2v) is 7.55. The number of hydrogen-bond acceptors (Lipinski definition) is 5. The standard InChI is InChI=1S/C22H24N6O2/c1-4-12-28-19(24-25-26-28)14-27-20(29)22(23-21(27)30,17-8-6-5-7-9-17)18-11-10-15(2)16(3)13-18/h5-11,13H,4,12,14H2,1-3H3,(H,23,30). The van der Waals surface area contributed by atoms with Gasteiger partial charge in [0.15, 0.2) is 11.4 Å². The SMILES string of the molecule is CCCn1nnnc1CN1C(=O)NC(c2ccccc2)(c2ccc(C)c(C)c2)C1=O. The number of carbonyl (C=O) groups is 2. The molecular weight excluding hydrogens is 380 g/mol. The number of tetrazole rings is 1. The lowest BCUT2D eigenvalue weighted by molar-refractivity contribution is -0.130. The van der Waals surface area contributed by atoms with Gasteiger partial charge in [0.1, 0.15) is 0 Å². The molecule has 1 fully saturated rings. The van der Waals surface area contributed by atoms with Crippen molar-refractivity contribution in [1.82, 2.24) is 30.4 Å². The molecule has 2 aromatic carbocycles. The van der Waals surface area contributed by atoms with Gasteiger partial charge in [-0.3, -0.25) is 9.69 Å². The minimum absolute atomic E-state index is 0.0110. The van der Waals surface area contributed by atoms with Crippen molar-refractivity contribution >= 4 is 11.9 Å². The minimum atomic E-state index is -1.29. The van der Waals surface area contributed by atoms with Crippen molar-refractivity contribution in [1.29, 1.82) is 0 Å². The van der Waals surface area contributed by atoms with Gasteiger partial charge in [0.05, 0.1) is 6.54 Å². The van der Waals surface area contributed by atoms with Crippen LogP contribution < -0.4 is 5.32 Å². The lowest BCUT2D eigenvalue weighted by atomic mass is 9.81. The Balaban J connectivity index is 1.80. The van der Waals surface area contributed by atoms with Crippen LogP contribution in [0, 0.1) is 13.8 Å². The van der Waals surface area contributed by atoms with Crippen molar-refractivity contribution in [2.75, 3.05) is 0 Å². The molecule has 1 N–H and O–H groups in total. The van der Waals surface area contributed by atoms with Crippen molar-refractivity contribution in [2.24, 2.45) is 0 Å². The molecule has 1 aromatic heterocycles. The van der Waals surface area contributed by atoms with E-state index >= 15 is 0 Å². The summed E-state index contributed by atoms with van der Waals surface area (Å²) >= 11 is 0. The highest BCUT2D eigenvalue weighted by molar-refractivity contribution is 6.09. The number of hydrogen-bond donors (Lipinski definition) is 1. The molecule has 0 radical (unpaired) electrons. The fraction of sp³-hybridized carbons (Fsp3) is 0.318. The Morgan fingerprint density at radius 3 is 2.47 bits per heavy atom. The lowest BCUT2D eigenvalue weighted by Crippen LogP contribution is -2.45. The van der Waals surface area contributed by atoms with E-state index in [2.05, 4.69) is 20.8 Å². The summed E-state index contributed by atoms with van der Waals surface area (Å²) in [7, 11) is 0. The van der Waals surface area contributed by atoms with Crippen LogP contribution in [0.5, 0.6) is 0 Å². The molecule has 3 aromatic rings. The average Bonchev–Trinajstić information content (AvgIpc) is 3.29. The highest BCUT2D eigenvalue weighted by atomic mass is 16.2. The Morgan fingerprint density at radius 1 is 1.00 bits per heavy atom. The molecule has 154 valence electrons. The molecule has 1 atom stereocenters. The zero-order chi connectivity index (χ0) is 21.3. The van der Waals surface area contributed by atoms with E-state index in [-0.39, 0.29) is 12.5 Å². The molecule has 4 rings (SSSR count). The first-order valence-corrected chi connectivity index (χ1v) is 9.99. The molecule has 0 bridgehead atoms. The van der Waals surface area contributed by atoms with Gasteiger partial charge in [-0.15, -0.1) is 5.10 Å². The molecule has 1 saturated heterocycles. The third kappa shape index (κ3) is 3.14. The third-order valence-electron chi connectivity index (χ3n) is 5.59.